The Morgan fingerprint density at radius 1 is 1.29 bits per heavy atom. The summed E-state index contributed by atoms with van der Waals surface area (Å²) in [4.78, 5) is 45.1. The molecule has 0 fully saturated rings. The largest absolute Gasteiger partial charge is 0.363 e. The molecule has 7 heteroatoms. The zero-order chi connectivity index (χ0) is 17.9. The third-order valence-electron chi connectivity index (χ3n) is 3.70. The van der Waals surface area contributed by atoms with Crippen LogP contribution in [0.4, 0.5) is 0 Å². The molecule has 2 rings (SSSR count). The Morgan fingerprint density at radius 3 is 2.67 bits per heavy atom. The molecule has 0 bridgehead atoms. The summed E-state index contributed by atoms with van der Waals surface area (Å²) in [5, 5.41) is 2.69. The lowest BCUT2D eigenvalue weighted by Gasteiger charge is -2.09. The average Bonchev–Trinajstić information content (AvgIpc) is 2.50. The van der Waals surface area contributed by atoms with Crippen molar-refractivity contribution in [3.05, 3.63) is 61.2 Å². The fraction of sp³-hybridized carbons (Fsp3) is 0.412. The fourth-order valence-corrected chi connectivity index (χ4v) is 2.42. The highest BCUT2D eigenvalue weighted by molar-refractivity contribution is 5.92. The van der Waals surface area contributed by atoms with Crippen LogP contribution in [0.1, 0.15) is 46.9 Å². The van der Waals surface area contributed by atoms with E-state index < -0.39 is 11.6 Å². The van der Waals surface area contributed by atoms with Gasteiger partial charge in [0.25, 0.3) is 5.91 Å². The summed E-state index contributed by atoms with van der Waals surface area (Å²) in [6.07, 6.45) is 2.27. The minimum absolute atomic E-state index is 0.0495. The first-order valence-corrected chi connectivity index (χ1v) is 7.84. The molecular formula is C17H22N4O3. The van der Waals surface area contributed by atoms with Crippen molar-refractivity contribution in [3.63, 3.8) is 0 Å². The number of nitrogens with zero attached hydrogens (tertiary/aromatic N) is 1. The Hall–Kier alpha value is -2.70. The quantitative estimate of drug-likeness (QED) is 0.765. The number of aromatic nitrogens is 3. The molecule has 2 aromatic rings. The number of carbonyl (C=O) groups is 1. The van der Waals surface area contributed by atoms with Crippen LogP contribution < -0.4 is 16.4 Å². The van der Waals surface area contributed by atoms with E-state index in [4.69, 9.17) is 0 Å². The van der Waals surface area contributed by atoms with Crippen molar-refractivity contribution in [2.45, 2.75) is 40.7 Å². The normalized spacial score (nSPS) is 10.9. The van der Waals surface area contributed by atoms with Crippen molar-refractivity contribution in [1.82, 2.24) is 20.3 Å². The van der Waals surface area contributed by atoms with Gasteiger partial charge in [-0.15, -0.1) is 0 Å². The zero-order valence-corrected chi connectivity index (χ0v) is 14.3. The highest BCUT2D eigenvalue weighted by atomic mass is 16.2. The maximum atomic E-state index is 12.3. The average molecular weight is 330 g/mol. The molecule has 2 aromatic heterocycles. The van der Waals surface area contributed by atoms with Gasteiger partial charge in [0.05, 0.1) is 6.54 Å². The highest BCUT2D eigenvalue weighted by Gasteiger charge is 2.12. The standard InChI is InChI=1S/C17H22N4O3/c1-9(2)5-12-6-13(21-17(24)20-12)16(23)19-8-14-11(4)15(22)10(3)7-18-14/h6-7,9H,5,8H2,1-4H3,(H,18,22)(H,19,23)(H,20,21,24). The number of amides is 1. The second-order valence-electron chi connectivity index (χ2n) is 6.28. The smallest absolute Gasteiger partial charge is 0.345 e. The van der Waals surface area contributed by atoms with Crippen LogP contribution in [0.15, 0.2) is 21.9 Å². The van der Waals surface area contributed by atoms with Crippen molar-refractivity contribution >= 4 is 5.91 Å². The molecule has 2 heterocycles. The van der Waals surface area contributed by atoms with Gasteiger partial charge in [0.2, 0.25) is 0 Å². The maximum Gasteiger partial charge on any atom is 0.345 e. The molecule has 0 unspecified atom stereocenters. The number of aryl methyl sites for hydroxylation is 1. The molecule has 0 aliphatic rings. The molecule has 0 aliphatic heterocycles. The first-order valence-electron chi connectivity index (χ1n) is 7.84. The first kappa shape index (κ1) is 17.7. The van der Waals surface area contributed by atoms with E-state index in [1.54, 1.807) is 26.1 Å². The monoisotopic (exact) mass is 330 g/mol. The van der Waals surface area contributed by atoms with Crippen molar-refractivity contribution in [2.75, 3.05) is 0 Å². The van der Waals surface area contributed by atoms with Gasteiger partial charge in [-0.1, -0.05) is 13.8 Å². The lowest BCUT2D eigenvalue weighted by molar-refractivity contribution is 0.0944. The number of rotatable bonds is 5. The molecule has 128 valence electrons. The minimum atomic E-state index is -0.543. The molecule has 0 radical (unpaired) electrons. The fourth-order valence-electron chi connectivity index (χ4n) is 2.42. The van der Waals surface area contributed by atoms with Gasteiger partial charge in [0.15, 0.2) is 5.43 Å². The molecule has 3 N–H and O–H groups in total. The van der Waals surface area contributed by atoms with Gasteiger partial charge in [0.1, 0.15) is 5.69 Å². The Bertz CT molecular complexity index is 865. The highest BCUT2D eigenvalue weighted by Crippen LogP contribution is 2.05. The number of pyridine rings is 1. The molecule has 0 saturated heterocycles. The van der Waals surface area contributed by atoms with Crippen LogP contribution in [0, 0.1) is 19.8 Å². The van der Waals surface area contributed by atoms with Crippen LogP contribution in [0.3, 0.4) is 0 Å². The van der Waals surface area contributed by atoms with Gasteiger partial charge in [-0.05, 0) is 32.3 Å². The summed E-state index contributed by atoms with van der Waals surface area (Å²) < 4.78 is 0. The number of hydrogen-bond donors (Lipinski definition) is 3. The number of hydrogen-bond acceptors (Lipinski definition) is 4. The van der Waals surface area contributed by atoms with Crippen LogP contribution in [0.2, 0.25) is 0 Å². The Morgan fingerprint density at radius 2 is 2.00 bits per heavy atom. The summed E-state index contributed by atoms with van der Waals surface area (Å²) in [7, 11) is 0. The summed E-state index contributed by atoms with van der Waals surface area (Å²) in [6, 6.07) is 1.58. The van der Waals surface area contributed by atoms with Crippen LogP contribution in [0.5, 0.6) is 0 Å². The summed E-state index contributed by atoms with van der Waals surface area (Å²) in [5.41, 5.74) is 1.97. The van der Waals surface area contributed by atoms with E-state index in [-0.39, 0.29) is 17.7 Å². The first-order chi connectivity index (χ1) is 11.3. The van der Waals surface area contributed by atoms with E-state index in [0.29, 0.717) is 34.9 Å². The SMILES string of the molecule is Cc1c[nH]c(CNC(=O)c2cc(CC(C)C)[nH]c(=O)n2)c(C)c1=O. The molecule has 0 aromatic carbocycles. The molecule has 24 heavy (non-hydrogen) atoms. The third kappa shape index (κ3) is 4.18. The molecule has 7 nitrogen and oxygen atoms in total. The molecular weight excluding hydrogens is 308 g/mol. The van der Waals surface area contributed by atoms with Gasteiger partial charge in [-0.3, -0.25) is 9.59 Å². The van der Waals surface area contributed by atoms with E-state index in [1.165, 1.54) is 0 Å². The molecule has 0 saturated carbocycles. The number of H-pyrrole nitrogens is 2. The van der Waals surface area contributed by atoms with Gasteiger partial charge in [0, 0.05) is 28.7 Å². The Balaban J connectivity index is 2.16. The number of nitrogens with one attached hydrogen (secondary N) is 3. The molecule has 1 amide bonds. The van der Waals surface area contributed by atoms with Crippen LogP contribution >= 0.6 is 0 Å². The number of aromatic amines is 2. The second kappa shape index (κ2) is 7.25. The van der Waals surface area contributed by atoms with E-state index in [2.05, 4.69) is 20.3 Å². The molecule has 0 atom stereocenters. The maximum absolute atomic E-state index is 12.3. The van der Waals surface area contributed by atoms with Crippen molar-refractivity contribution in [2.24, 2.45) is 5.92 Å². The van der Waals surface area contributed by atoms with Gasteiger partial charge in [-0.25, -0.2) is 4.79 Å². The Kier molecular flexibility index (Phi) is 5.33. The zero-order valence-electron chi connectivity index (χ0n) is 14.3. The predicted octanol–water partition coefficient (Wildman–Crippen LogP) is 1.20. The Labute approximate surface area is 139 Å². The van der Waals surface area contributed by atoms with Gasteiger partial charge < -0.3 is 15.3 Å². The van der Waals surface area contributed by atoms with Crippen LogP contribution in [-0.2, 0) is 13.0 Å². The van der Waals surface area contributed by atoms with Crippen molar-refractivity contribution < 1.29 is 4.79 Å². The van der Waals surface area contributed by atoms with E-state index in [1.807, 2.05) is 13.8 Å². The topological polar surface area (TPSA) is 108 Å². The predicted molar refractivity (Wildman–Crippen MR) is 91.1 cm³/mol. The van der Waals surface area contributed by atoms with Crippen LogP contribution in [0.25, 0.3) is 0 Å². The summed E-state index contributed by atoms with van der Waals surface area (Å²) in [6.45, 7) is 7.64. The lowest BCUT2D eigenvalue weighted by Crippen LogP contribution is -2.29. The van der Waals surface area contributed by atoms with Gasteiger partial charge in [-0.2, -0.15) is 4.98 Å². The van der Waals surface area contributed by atoms with Crippen molar-refractivity contribution in [3.8, 4) is 0 Å². The summed E-state index contributed by atoms with van der Waals surface area (Å²) in [5.74, 6) is -0.105. The van der Waals surface area contributed by atoms with E-state index >= 15 is 0 Å². The number of carbonyl (C=O) groups excluding carboxylic acids is 1. The van der Waals surface area contributed by atoms with Gasteiger partial charge >= 0.3 is 5.69 Å². The second-order valence-corrected chi connectivity index (χ2v) is 6.28. The van der Waals surface area contributed by atoms with Crippen LogP contribution in [-0.4, -0.2) is 20.9 Å². The van der Waals surface area contributed by atoms with E-state index in [0.717, 1.165) is 0 Å². The lowest BCUT2D eigenvalue weighted by atomic mass is 10.1. The molecule has 0 spiro atoms. The van der Waals surface area contributed by atoms with Crippen molar-refractivity contribution in [1.29, 1.82) is 0 Å². The van der Waals surface area contributed by atoms with E-state index in [9.17, 15) is 14.4 Å². The summed E-state index contributed by atoms with van der Waals surface area (Å²) >= 11 is 0. The third-order valence-corrected chi connectivity index (χ3v) is 3.70. The molecule has 0 aliphatic carbocycles. The minimum Gasteiger partial charge on any atom is -0.363 e.